The summed E-state index contributed by atoms with van der Waals surface area (Å²) in [5, 5.41) is 2.80. The zero-order valence-corrected chi connectivity index (χ0v) is 12.2. The summed E-state index contributed by atoms with van der Waals surface area (Å²) in [6.45, 7) is 2.21. The number of rotatable bonds is 1. The van der Waals surface area contributed by atoms with Crippen molar-refractivity contribution in [3.05, 3.63) is 78.4 Å². The lowest BCUT2D eigenvalue weighted by molar-refractivity contribution is 1.51. The molecule has 96 valence electrons. The molecule has 1 heteroatoms. The van der Waals surface area contributed by atoms with Gasteiger partial charge in [0.25, 0.3) is 0 Å². The van der Waals surface area contributed by atoms with Gasteiger partial charge in [0.15, 0.2) is 14.3 Å². The Kier molecular flexibility index (Phi) is 2.61. The van der Waals surface area contributed by atoms with Gasteiger partial charge in [-0.3, -0.25) is 0 Å². The number of hydrogen-bond acceptors (Lipinski definition) is 0. The molecule has 20 heavy (non-hydrogen) atoms. The Balaban J connectivity index is 2.24. The molecule has 0 saturated carbocycles. The summed E-state index contributed by atoms with van der Waals surface area (Å²) in [5.74, 6) is 0. The van der Waals surface area contributed by atoms with Crippen molar-refractivity contribution in [3.8, 4) is 4.90 Å². The lowest BCUT2D eigenvalue weighted by Crippen LogP contribution is -1.76. The minimum absolute atomic E-state index is 0.0479. The number of benzene rings is 3. The number of hydrogen-bond donors (Lipinski definition) is 0. The maximum atomic E-state index is 2.28. The first-order valence-corrected chi connectivity index (χ1v) is 8.07. The van der Waals surface area contributed by atoms with Crippen LogP contribution in [-0.4, -0.2) is 0 Å². The molecule has 0 aliphatic carbocycles. The monoisotopic (exact) mass is 275 g/mol. The third-order valence-corrected chi connectivity index (χ3v) is 6.31. The van der Waals surface area contributed by atoms with Gasteiger partial charge in [-0.1, -0.05) is 42.5 Å². The van der Waals surface area contributed by atoms with Crippen molar-refractivity contribution in [2.24, 2.45) is 0 Å². The number of aryl methyl sites for hydroxylation is 1. The molecule has 3 aromatic carbocycles. The van der Waals surface area contributed by atoms with E-state index in [0.29, 0.717) is 0 Å². The third-order valence-electron chi connectivity index (χ3n) is 3.82. The van der Waals surface area contributed by atoms with Gasteiger partial charge < -0.3 is 0 Å². The predicted molar refractivity (Wildman–Crippen MR) is 90.0 cm³/mol. The molecule has 4 aromatic rings. The molecule has 0 radical (unpaired) electrons. The second-order valence-electron chi connectivity index (χ2n) is 5.06. The molecule has 1 aromatic heterocycles. The van der Waals surface area contributed by atoms with E-state index in [0.717, 1.165) is 0 Å². The van der Waals surface area contributed by atoms with Crippen LogP contribution in [0.1, 0.15) is 5.56 Å². The first-order chi connectivity index (χ1) is 9.86. The molecular formula is C19H15S+. The third kappa shape index (κ3) is 1.60. The van der Waals surface area contributed by atoms with Crippen molar-refractivity contribution in [3.63, 3.8) is 0 Å². The van der Waals surface area contributed by atoms with Crippen molar-refractivity contribution in [2.75, 3.05) is 0 Å². The average Bonchev–Trinajstić information content (AvgIpc) is 2.83. The minimum atomic E-state index is 0.0479. The second-order valence-corrected chi connectivity index (χ2v) is 7.00. The van der Waals surface area contributed by atoms with E-state index < -0.39 is 0 Å². The Labute approximate surface area is 121 Å². The maximum Gasteiger partial charge on any atom is 0.187 e. The van der Waals surface area contributed by atoms with Gasteiger partial charge in [0.1, 0.15) is 0 Å². The first-order valence-electron chi connectivity index (χ1n) is 6.84. The highest BCUT2D eigenvalue weighted by Gasteiger charge is 2.23. The van der Waals surface area contributed by atoms with Crippen LogP contribution in [0, 0.1) is 6.92 Å². The number of fused-ring (bicyclic) bond motifs is 3. The Hall–Kier alpha value is -2.12. The van der Waals surface area contributed by atoms with Gasteiger partial charge in [-0.25, -0.2) is 0 Å². The summed E-state index contributed by atoms with van der Waals surface area (Å²) in [4.78, 5) is 1.45. The van der Waals surface area contributed by atoms with Crippen molar-refractivity contribution >= 4 is 30.6 Å². The molecule has 0 nitrogen and oxygen atoms in total. The lowest BCUT2D eigenvalue weighted by Gasteiger charge is -1.97. The molecule has 1 heterocycles. The van der Waals surface area contributed by atoms with Crippen LogP contribution in [0.4, 0.5) is 0 Å². The fourth-order valence-corrected chi connectivity index (χ4v) is 5.42. The second kappa shape index (κ2) is 4.46. The SMILES string of the molecule is Cc1ccccc1-[s+]1c2ccccc2c2ccccc21. The van der Waals surface area contributed by atoms with Gasteiger partial charge in [0.05, 0.1) is 0 Å². The van der Waals surface area contributed by atoms with Crippen molar-refractivity contribution < 1.29 is 0 Å². The molecule has 0 unspecified atom stereocenters. The maximum absolute atomic E-state index is 2.28. The van der Waals surface area contributed by atoms with Gasteiger partial charge in [0.2, 0.25) is 0 Å². The van der Waals surface area contributed by atoms with Gasteiger partial charge >= 0.3 is 0 Å². The molecule has 0 amide bonds. The van der Waals surface area contributed by atoms with Crippen LogP contribution in [0.25, 0.3) is 25.1 Å². The quantitative estimate of drug-likeness (QED) is 0.371. The van der Waals surface area contributed by atoms with E-state index in [1.807, 2.05) is 0 Å². The molecule has 0 fully saturated rings. The van der Waals surface area contributed by atoms with E-state index in [4.69, 9.17) is 0 Å². The van der Waals surface area contributed by atoms with Gasteiger partial charge in [-0.15, -0.1) is 0 Å². The normalized spacial score (nSPS) is 11.2. The summed E-state index contributed by atoms with van der Waals surface area (Å²) in [7, 11) is 0.0479. The van der Waals surface area contributed by atoms with Crippen molar-refractivity contribution in [1.29, 1.82) is 0 Å². The van der Waals surface area contributed by atoms with Crippen LogP contribution in [0.15, 0.2) is 72.8 Å². The van der Waals surface area contributed by atoms with E-state index in [9.17, 15) is 0 Å². The van der Waals surface area contributed by atoms with E-state index in [1.165, 1.54) is 30.6 Å². The number of thiophene rings is 1. The topological polar surface area (TPSA) is 0 Å². The van der Waals surface area contributed by atoms with Crippen LogP contribution >= 0.6 is 10.5 Å². The van der Waals surface area contributed by atoms with Crippen LogP contribution < -0.4 is 0 Å². The molecule has 0 saturated heterocycles. The van der Waals surface area contributed by atoms with Gasteiger partial charge in [-0.05, 0) is 37.3 Å². The largest absolute Gasteiger partial charge is 0.187 e. The smallest absolute Gasteiger partial charge is 0.0616 e. The standard InChI is InChI=1S/C19H15S/c1-14-8-2-5-11-17(14)20-18-12-6-3-9-15(18)16-10-4-7-13-19(16)20/h2-13H,1H3/q+1. The van der Waals surface area contributed by atoms with Crippen LogP contribution in [0.2, 0.25) is 0 Å². The zero-order chi connectivity index (χ0) is 13.5. The highest BCUT2D eigenvalue weighted by atomic mass is 32.2. The summed E-state index contributed by atoms with van der Waals surface area (Å²) in [6, 6.07) is 26.4. The first kappa shape index (κ1) is 11.7. The summed E-state index contributed by atoms with van der Waals surface area (Å²) < 4.78 is 2.92. The fraction of sp³-hybridized carbons (Fsp3) is 0.0526. The molecule has 4 rings (SSSR count). The predicted octanol–water partition coefficient (Wildman–Crippen LogP) is 6.04. The molecule has 0 atom stereocenters. The lowest BCUT2D eigenvalue weighted by atomic mass is 10.2. The molecule has 0 N–H and O–H groups in total. The van der Waals surface area contributed by atoms with E-state index in [-0.39, 0.29) is 10.5 Å². The Morgan fingerprint density at radius 1 is 0.600 bits per heavy atom. The van der Waals surface area contributed by atoms with Gasteiger partial charge in [-0.2, -0.15) is 0 Å². The Bertz CT molecular complexity index is 862. The molecule has 0 bridgehead atoms. The molecule has 0 aliphatic rings. The Morgan fingerprint density at radius 2 is 1.10 bits per heavy atom. The fourth-order valence-electron chi connectivity index (χ4n) is 2.88. The average molecular weight is 275 g/mol. The van der Waals surface area contributed by atoms with Crippen LogP contribution in [0.5, 0.6) is 0 Å². The highest BCUT2D eigenvalue weighted by Crippen LogP contribution is 2.48. The van der Waals surface area contributed by atoms with E-state index in [2.05, 4.69) is 79.7 Å². The van der Waals surface area contributed by atoms with E-state index >= 15 is 0 Å². The van der Waals surface area contributed by atoms with Gasteiger partial charge in [0, 0.05) is 26.8 Å². The van der Waals surface area contributed by atoms with Crippen molar-refractivity contribution in [2.45, 2.75) is 6.92 Å². The molecular weight excluding hydrogens is 260 g/mol. The Morgan fingerprint density at radius 3 is 1.70 bits per heavy atom. The molecule has 0 aliphatic heterocycles. The highest BCUT2D eigenvalue weighted by molar-refractivity contribution is 7.50. The van der Waals surface area contributed by atoms with E-state index in [1.54, 1.807) is 0 Å². The van der Waals surface area contributed by atoms with Crippen molar-refractivity contribution in [1.82, 2.24) is 0 Å². The van der Waals surface area contributed by atoms with Crippen LogP contribution in [0.3, 0.4) is 0 Å². The van der Waals surface area contributed by atoms with Crippen LogP contribution in [-0.2, 0) is 0 Å². The molecule has 0 spiro atoms. The minimum Gasteiger partial charge on any atom is -0.0616 e. The summed E-state index contributed by atoms with van der Waals surface area (Å²) in [5.41, 5.74) is 1.38. The zero-order valence-electron chi connectivity index (χ0n) is 11.3. The summed E-state index contributed by atoms with van der Waals surface area (Å²) in [6.07, 6.45) is 0. The summed E-state index contributed by atoms with van der Waals surface area (Å²) >= 11 is 0.